The predicted octanol–water partition coefficient (Wildman–Crippen LogP) is -0.271. The van der Waals surface area contributed by atoms with Crippen molar-refractivity contribution in [3.8, 4) is 11.5 Å². The van der Waals surface area contributed by atoms with E-state index in [2.05, 4.69) is 10.2 Å². The molecule has 0 radical (unpaired) electrons. The first-order valence-corrected chi connectivity index (χ1v) is 3.89. The molecule has 14 heavy (non-hydrogen) atoms. The minimum absolute atomic E-state index is 0.118. The summed E-state index contributed by atoms with van der Waals surface area (Å²) >= 11 is 0. The van der Waals surface area contributed by atoms with Crippen molar-refractivity contribution >= 4 is 0 Å². The second-order valence-electron chi connectivity index (χ2n) is 2.78. The number of rotatable bonds is 1. The quantitative estimate of drug-likeness (QED) is 0.675. The Kier molecular flexibility index (Phi) is 1.81. The summed E-state index contributed by atoms with van der Waals surface area (Å²) in [6, 6.07) is 2.99. The van der Waals surface area contributed by atoms with Gasteiger partial charge in [-0.2, -0.15) is 0 Å². The zero-order valence-corrected chi connectivity index (χ0v) is 7.35. The van der Waals surface area contributed by atoms with Gasteiger partial charge in [0.15, 0.2) is 0 Å². The number of H-pyrrole nitrogens is 1. The third kappa shape index (κ3) is 1.37. The summed E-state index contributed by atoms with van der Waals surface area (Å²) < 4.78 is 6.11. The number of nitrogens with zero attached hydrogens (tertiary/aromatic N) is 2. The number of aromatic nitrogens is 3. The van der Waals surface area contributed by atoms with E-state index >= 15 is 0 Å². The fourth-order valence-electron chi connectivity index (χ4n) is 1.03. The van der Waals surface area contributed by atoms with Crippen molar-refractivity contribution in [3.63, 3.8) is 0 Å². The minimum atomic E-state index is -0.638. The number of hydrogen-bond acceptors (Lipinski definition) is 4. The molecule has 2 aromatic heterocycles. The fourth-order valence-corrected chi connectivity index (χ4v) is 1.03. The SMILES string of the molecule is Cn1ccc(-c2n[nH]c(=O)o2)cc1=O. The Labute approximate surface area is 77.8 Å². The minimum Gasteiger partial charge on any atom is -0.388 e. The number of nitrogens with one attached hydrogen (secondary N) is 1. The Hall–Kier alpha value is -2.11. The molecule has 0 fully saturated rings. The van der Waals surface area contributed by atoms with Gasteiger partial charge in [-0.15, -0.1) is 5.10 Å². The predicted molar refractivity (Wildman–Crippen MR) is 47.8 cm³/mol. The number of aryl methyl sites for hydroxylation is 1. The van der Waals surface area contributed by atoms with E-state index in [-0.39, 0.29) is 11.4 Å². The van der Waals surface area contributed by atoms with Gasteiger partial charge in [0, 0.05) is 24.9 Å². The molecule has 0 aliphatic carbocycles. The van der Waals surface area contributed by atoms with Crippen molar-refractivity contribution in [2.45, 2.75) is 0 Å². The van der Waals surface area contributed by atoms with Gasteiger partial charge >= 0.3 is 5.76 Å². The van der Waals surface area contributed by atoms with Crippen molar-refractivity contribution in [1.29, 1.82) is 0 Å². The van der Waals surface area contributed by atoms with Crippen LogP contribution in [0, 0.1) is 0 Å². The van der Waals surface area contributed by atoms with E-state index in [4.69, 9.17) is 4.42 Å². The molecule has 0 aliphatic heterocycles. The van der Waals surface area contributed by atoms with Gasteiger partial charge in [-0.25, -0.2) is 9.89 Å². The highest BCUT2D eigenvalue weighted by atomic mass is 16.4. The zero-order chi connectivity index (χ0) is 10.1. The molecule has 0 spiro atoms. The van der Waals surface area contributed by atoms with E-state index in [0.717, 1.165) is 0 Å². The van der Waals surface area contributed by atoms with E-state index in [0.29, 0.717) is 5.56 Å². The highest BCUT2D eigenvalue weighted by Crippen LogP contribution is 2.10. The first-order valence-electron chi connectivity index (χ1n) is 3.89. The summed E-state index contributed by atoms with van der Waals surface area (Å²) in [4.78, 5) is 21.9. The number of pyridine rings is 1. The Morgan fingerprint density at radius 1 is 1.50 bits per heavy atom. The average Bonchev–Trinajstić information content (AvgIpc) is 2.57. The molecule has 6 heteroatoms. The lowest BCUT2D eigenvalue weighted by atomic mass is 10.3. The molecule has 0 bridgehead atoms. The van der Waals surface area contributed by atoms with Crippen molar-refractivity contribution in [3.05, 3.63) is 39.2 Å². The Bertz CT molecular complexity index is 563. The molecule has 0 saturated heterocycles. The summed E-state index contributed by atoms with van der Waals surface area (Å²) in [6.07, 6.45) is 1.58. The third-order valence-electron chi connectivity index (χ3n) is 1.79. The van der Waals surface area contributed by atoms with Crippen LogP contribution in [0.3, 0.4) is 0 Å². The highest BCUT2D eigenvalue weighted by Gasteiger charge is 2.05. The van der Waals surface area contributed by atoms with Crippen LogP contribution in [-0.2, 0) is 7.05 Å². The van der Waals surface area contributed by atoms with Crippen molar-refractivity contribution in [2.75, 3.05) is 0 Å². The lowest BCUT2D eigenvalue weighted by molar-refractivity contribution is 0.526. The van der Waals surface area contributed by atoms with Gasteiger partial charge in [0.2, 0.25) is 5.89 Å². The largest absolute Gasteiger partial charge is 0.434 e. The standard InChI is InChI=1S/C8H7N3O3/c1-11-3-2-5(4-6(11)12)7-9-10-8(13)14-7/h2-4H,1H3,(H,10,13). The molecule has 0 aliphatic rings. The van der Waals surface area contributed by atoms with Crippen molar-refractivity contribution in [1.82, 2.24) is 14.8 Å². The molecule has 0 saturated carbocycles. The highest BCUT2D eigenvalue weighted by molar-refractivity contribution is 5.50. The molecule has 2 aromatic rings. The summed E-state index contributed by atoms with van der Waals surface area (Å²) in [5, 5.41) is 5.72. The van der Waals surface area contributed by atoms with Gasteiger partial charge in [-0.05, 0) is 6.07 Å². The van der Waals surface area contributed by atoms with Crippen LogP contribution < -0.4 is 11.3 Å². The van der Waals surface area contributed by atoms with Crippen LogP contribution in [0.25, 0.3) is 11.5 Å². The molecule has 0 atom stereocenters. The van der Waals surface area contributed by atoms with Crippen LogP contribution in [0.2, 0.25) is 0 Å². The van der Waals surface area contributed by atoms with E-state index in [1.165, 1.54) is 10.6 Å². The van der Waals surface area contributed by atoms with E-state index in [1.807, 2.05) is 0 Å². The maximum absolute atomic E-state index is 11.2. The van der Waals surface area contributed by atoms with Crippen LogP contribution in [0.15, 0.2) is 32.3 Å². The van der Waals surface area contributed by atoms with E-state index < -0.39 is 5.76 Å². The fraction of sp³-hybridized carbons (Fsp3) is 0.125. The van der Waals surface area contributed by atoms with Crippen LogP contribution in [0.1, 0.15) is 0 Å². The maximum atomic E-state index is 11.2. The molecule has 6 nitrogen and oxygen atoms in total. The normalized spacial score (nSPS) is 10.4. The third-order valence-corrected chi connectivity index (χ3v) is 1.79. The molecule has 2 heterocycles. The molecule has 2 rings (SSSR count). The summed E-state index contributed by atoms with van der Waals surface area (Å²) in [6.45, 7) is 0. The van der Waals surface area contributed by atoms with Crippen LogP contribution in [0.4, 0.5) is 0 Å². The maximum Gasteiger partial charge on any atom is 0.434 e. The van der Waals surface area contributed by atoms with Crippen LogP contribution in [-0.4, -0.2) is 14.8 Å². The van der Waals surface area contributed by atoms with Gasteiger partial charge in [-0.1, -0.05) is 0 Å². The zero-order valence-electron chi connectivity index (χ0n) is 7.35. The number of aromatic amines is 1. The summed E-state index contributed by atoms with van der Waals surface area (Å²) in [5.41, 5.74) is 0.291. The summed E-state index contributed by atoms with van der Waals surface area (Å²) in [5.74, 6) is -0.520. The van der Waals surface area contributed by atoms with Gasteiger partial charge in [0.1, 0.15) is 0 Å². The second kappa shape index (κ2) is 2.99. The second-order valence-corrected chi connectivity index (χ2v) is 2.78. The van der Waals surface area contributed by atoms with Crippen molar-refractivity contribution < 1.29 is 4.42 Å². The van der Waals surface area contributed by atoms with Gasteiger partial charge in [0.25, 0.3) is 5.56 Å². The van der Waals surface area contributed by atoms with Crippen LogP contribution in [0.5, 0.6) is 0 Å². The number of hydrogen-bond donors (Lipinski definition) is 1. The van der Waals surface area contributed by atoms with Gasteiger partial charge in [-0.3, -0.25) is 4.79 Å². The molecule has 0 aromatic carbocycles. The molecule has 72 valence electrons. The monoisotopic (exact) mass is 193 g/mol. The van der Waals surface area contributed by atoms with Gasteiger partial charge < -0.3 is 8.98 Å². The lowest BCUT2D eigenvalue weighted by Crippen LogP contribution is -2.14. The Balaban J connectivity index is 2.58. The van der Waals surface area contributed by atoms with Crippen molar-refractivity contribution in [2.24, 2.45) is 7.05 Å². The molecule has 0 amide bonds. The molecular weight excluding hydrogens is 186 g/mol. The first-order chi connectivity index (χ1) is 6.66. The topological polar surface area (TPSA) is 80.9 Å². The van der Waals surface area contributed by atoms with Crippen LogP contribution >= 0.6 is 0 Å². The molecule has 0 unspecified atom stereocenters. The van der Waals surface area contributed by atoms with Gasteiger partial charge in [0.05, 0.1) is 0 Å². The lowest BCUT2D eigenvalue weighted by Gasteiger charge is -1.96. The molecular formula is C8H7N3O3. The molecule has 1 N–H and O–H groups in total. The first kappa shape index (κ1) is 8.49. The Morgan fingerprint density at radius 2 is 2.29 bits per heavy atom. The summed E-state index contributed by atoms with van der Waals surface area (Å²) in [7, 11) is 1.63. The Morgan fingerprint density at radius 3 is 2.86 bits per heavy atom. The smallest absolute Gasteiger partial charge is 0.388 e. The average molecular weight is 193 g/mol. The van der Waals surface area contributed by atoms with E-state index in [1.54, 1.807) is 19.3 Å². The van der Waals surface area contributed by atoms with E-state index in [9.17, 15) is 9.59 Å².